The summed E-state index contributed by atoms with van der Waals surface area (Å²) in [4.78, 5) is 31.8. The van der Waals surface area contributed by atoms with Gasteiger partial charge in [-0.2, -0.15) is 0 Å². The van der Waals surface area contributed by atoms with Crippen LogP contribution in [0.4, 0.5) is 9.59 Å². The first-order valence-electron chi connectivity index (χ1n) is 12.2. The summed E-state index contributed by atoms with van der Waals surface area (Å²) in [6.45, 7) is 16.8. The number of benzene rings is 1. The average molecular weight is 459 g/mol. The van der Waals surface area contributed by atoms with Gasteiger partial charge in [0.25, 0.3) is 0 Å². The molecule has 0 bridgehead atoms. The van der Waals surface area contributed by atoms with Crippen LogP contribution in [0.2, 0.25) is 0 Å². The van der Waals surface area contributed by atoms with Crippen LogP contribution in [0.1, 0.15) is 59.9 Å². The molecule has 1 N–H and O–H groups in total. The zero-order valence-corrected chi connectivity index (χ0v) is 21.3. The molecule has 0 aromatic heterocycles. The van der Waals surface area contributed by atoms with Crippen LogP contribution in [-0.2, 0) is 11.3 Å². The first-order valence-corrected chi connectivity index (χ1v) is 12.2. The maximum atomic E-state index is 13.3. The molecule has 0 spiro atoms. The molecular formula is C26H42N4O3. The number of nitrogens with zero attached hydrogens (tertiary/aromatic N) is 3. The molecular weight excluding hydrogens is 416 g/mol. The van der Waals surface area contributed by atoms with Gasteiger partial charge in [0.1, 0.15) is 5.60 Å². The maximum Gasteiger partial charge on any atom is 0.410 e. The first-order chi connectivity index (χ1) is 15.4. The second kappa shape index (κ2) is 10.3. The Morgan fingerprint density at radius 1 is 0.970 bits per heavy atom. The molecule has 1 aromatic carbocycles. The van der Waals surface area contributed by atoms with E-state index in [1.165, 1.54) is 5.56 Å². The number of amides is 3. The van der Waals surface area contributed by atoms with Crippen LogP contribution in [0.5, 0.6) is 0 Å². The third-order valence-electron chi connectivity index (χ3n) is 6.45. The van der Waals surface area contributed by atoms with Crippen molar-refractivity contribution in [3.8, 4) is 0 Å². The van der Waals surface area contributed by atoms with Gasteiger partial charge in [0, 0.05) is 45.3 Å². The van der Waals surface area contributed by atoms with E-state index in [0.29, 0.717) is 13.1 Å². The SMILES string of the molecule is CC(C)(C)OC(=O)N1CCC(NC(=O)N2CCN(Cc3ccccc3)C[C@@H]2C(C)(C)C)CC1. The minimum absolute atomic E-state index is 0.0185. The Labute approximate surface area is 199 Å². The van der Waals surface area contributed by atoms with E-state index in [2.05, 4.69) is 55.3 Å². The molecule has 3 amide bonds. The number of urea groups is 1. The molecule has 184 valence electrons. The number of rotatable bonds is 3. The molecule has 2 aliphatic rings. The molecule has 7 nitrogen and oxygen atoms in total. The van der Waals surface area contributed by atoms with E-state index in [1.807, 2.05) is 31.7 Å². The van der Waals surface area contributed by atoms with Gasteiger partial charge in [-0.25, -0.2) is 9.59 Å². The van der Waals surface area contributed by atoms with Crippen molar-refractivity contribution >= 4 is 12.1 Å². The molecule has 0 unspecified atom stereocenters. The van der Waals surface area contributed by atoms with E-state index in [-0.39, 0.29) is 29.6 Å². The third-order valence-corrected chi connectivity index (χ3v) is 6.45. The summed E-state index contributed by atoms with van der Waals surface area (Å²) in [5, 5.41) is 3.25. The fraction of sp³-hybridized carbons (Fsp3) is 0.692. The van der Waals surface area contributed by atoms with E-state index in [1.54, 1.807) is 4.90 Å². The van der Waals surface area contributed by atoms with Crippen molar-refractivity contribution in [1.82, 2.24) is 20.0 Å². The second-order valence-corrected chi connectivity index (χ2v) is 11.5. The highest BCUT2D eigenvalue weighted by Gasteiger charge is 2.38. The average Bonchev–Trinajstić information content (AvgIpc) is 2.73. The zero-order valence-electron chi connectivity index (χ0n) is 21.3. The lowest BCUT2D eigenvalue weighted by Gasteiger charge is -2.47. The number of nitrogens with one attached hydrogen (secondary N) is 1. The number of ether oxygens (including phenoxy) is 1. The molecule has 2 fully saturated rings. The van der Waals surface area contributed by atoms with Gasteiger partial charge in [-0.15, -0.1) is 0 Å². The van der Waals surface area contributed by atoms with Gasteiger partial charge in [-0.1, -0.05) is 51.1 Å². The van der Waals surface area contributed by atoms with Crippen molar-refractivity contribution in [2.45, 2.75) is 78.6 Å². The summed E-state index contributed by atoms with van der Waals surface area (Å²) < 4.78 is 5.48. The zero-order chi connectivity index (χ0) is 24.2. The minimum Gasteiger partial charge on any atom is -0.444 e. The third kappa shape index (κ3) is 7.36. The number of piperazine rings is 1. The molecule has 2 aliphatic heterocycles. The normalized spacial score (nSPS) is 21.1. The molecule has 0 radical (unpaired) electrons. The quantitative estimate of drug-likeness (QED) is 0.732. The van der Waals surface area contributed by atoms with Gasteiger partial charge in [0.05, 0.1) is 6.04 Å². The Hall–Kier alpha value is -2.28. The summed E-state index contributed by atoms with van der Waals surface area (Å²) in [5.41, 5.74) is 0.791. The van der Waals surface area contributed by atoms with Crippen LogP contribution in [0.25, 0.3) is 0 Å². The number of hydrogen-bond donors (Lipinski definition) is 1. The van der Waals surface area contributed by atoms with E-state index in [0.717, 1.165) is 39.0 Å². The van der Waals surface area contributed by atoms with Crippen molar-refractivity contribution < 1.29 is 14.3 Å². The Kier molecular flexibility index (Phi) is 7.93. The minimum atomic E-state index is -0.493. The van der Waals surface area contributed by atoms with Crippen LogP contribution in [0.3, 0.4) is 0 Å². The number of carbonyl (C=O) groups excluding carboxylic acids is 2. The molecule has 3 rings (SSSR count). The lowest BCUT2D eigenvalue weighted by Crippen LogP contribution is -2.62. The van der Waals surface area contributed by atoms with E-state index < -0.39 is 5.60 Å². The van der Waals surface area contributed by atoms with E-state index in [4.69, 9.17) is 4.74 Å². The predicted octanol–water partition coefficient (Wildman–Crippen LogP) is 4.33. The predicted molar refractivity (Wildman–Crippen MR) is 131 cm³/mol. The standard InChI is InChI=1S/C26H42N4O3/c1-25(2,3)22-19-28(18-20-10-8-7-9-11-20)16-17-30(22)23(31)27-21-12-14-29(15-13-21)24(32)33-26(4,5)6/h7-11,21-22H,12-19H2,1-6H3,(H,27,31)/t22-/m1/s1. The molecule has 0 saturated carbocycles. The number of piperidine rings is 1. The van der Waals surface area contributed by atoms with Gasteiger partial charge in [0.2, 0.25) is 0 Å². The summed E-state index contributed by atoms with van der Waals surface area (Å²) in [6, 6.07) is 10.8. The molecule has 2 saturated heterocycles. The van der Waals surface area contributed by atoms with Crippen LogP contribution in [-0.4, -0.2) is 77.2 Å². The Morgan fingerprint density at radius 2 is 1.61 bits per heavy atom. The fourth-order valence-electron chi connectivity index (χ4n) is 4.60. The highest BCUT2D eigenvalue weighted by atomic mass is 16.6. The van der Waals surface area contributed by atoms with Crippen molar-refractivity contribution in [2.75, 3.05) is 32.7 Å². The van der Waals surface area contributed by atoms with Gasteiger partial charge >= 0.3 is 12.1 Å². The molecule has 7 heteroatoms. The first kappa shape index (κ1) is 25.3. The molecule has 0 aliphatic carbocycles. The van der Waals surface area contributed by atoms with Crippen molar-refractivity contribution in [3.05, 3.63) is 35.9 Å². The van der Waals surface area contributed by atoms with Gasteiger partial charge in [0.15, 0.2) is 0 Å². The molecule has 1 atom stereocenters. The van der Waals surface area contributed by atoms with Gasteiger partial charge in [-0.05, 0) is 44.6 Å². The van der Waals surface area contributed by atoms with Crippen molar-refractivity contribution in [1.29, 1.82) is 0 Å². The van der Waals surface area contributed by atoms with E-state index in [9.17, 15) is 9.59 Å². The van der Waals surface area contributed by atoms with Gasteiger partial charge in [-0.3, -0.25) is 4.90 Å². The smallest absolute Gasteiger partial charge is 0.410 e. The highest BCUT2D eigenvalue weighted by Crippen LogP contribution is 2.29. The molecule has 2 heterocycles. The van der Waals surface area contributed by atoms with Crippen LogP contribution in [0, 0.1) is 5.41 Å². The summed E-state index contributed by atoms with van der Waals surface area (Å²) in [7, 11) is 0. The lowest BCUT2D eigenvalue weighted by atomic mass is 9.84. The Bertz CT molecular complexity index is 792. The Balaban J connectivity index is 1.54. The number of carbonyl (C=O) groups is 2. The Morgan fingerprint density at radius 3 is 2.18 bits per heavy atom. The monoisotopic (exact) mass is 458 g/mol. The van der Waals surface area contributed by atoms with Crippen molar-refractivity contribution in [3.63, 3.8) is 0 Å². The van der Waals surface area contributed by atoms with Crippen LogP contribution < -0.4 is 5.32 Å². The number of hydrogen-bond acceptors (Lipinski definition) is 4. The second-order valence-electron chi connectivity index (χ2n) is 11.5. The maximum absolute atomic E-state index is 13.3. The molecule has 33 heavy (non-hydrogen) atoms. The lowest BCUT2D eigenvalue weighted by molar-refractivity contribution is 0.0188. The van der Waals surface area contributed by atoms with Gasteiger partial charge < -0.3 is 19.9 Å². The van der Waals surface area contributed by atoms with Crippen LogP contribution in [0.15, 0.2) is 30.3 Å². The largest absolute Gasteiger partial charge is 0.444 e. The molecule has 1 aromatic rings. The summed E-state index contributed by atoms with van der Waals surface area (Å²) in [6.07, 6.45) is 1.23. The summed E-state index contributed by atoms with van der Waals surface area (Å²) >= 11 is 0. The highest BCUT2D eigenvalue weighted by molar-refractivity contribution is 5.75. The van der Waals surface area contributed by atoms with Crippen LogP contribution >= 0.6 is 0 Å². The fourth-order valence-corrected chi connectivity index (χ4v) is 4.60. The number of likely N-dealkylation sites (tertiary alicyclic amines) is 1. The van der Waals surface area contributed by atoms with Crippen molar-refractivity contribution in [2.24, 2.45) is 5.41 Å². The summed E-state index contributed by atoms with van der Waals surface area (Å²) in [5.74, 6) is 0. The topological polar surface area (TPSA) is 65.1 Å². The van der Waals surface area contributed by atoms with E-state index >= 15 is 0 Å².